The second-order valence-electron chi connectivity index (χ2n) is 10.2. The molecule has 1 aliphatic rings. The molecule has 0 amide bonds. The lowest BCUT2D eigenvalue weighted by atomic mass is 10.0. The molecule has 2 aromatic carbocycles. The summed E-state index contributed by atoms with van der Waals surface area (Å²) < 4.78 is 46.3. The van der Waals surface area contributed by atoms with Crippen molar-refractivity contribution >= 4 is 28.4 Å². The van der Waals surface area contributed by atoms with Gasteiger partial charge in [-0.05, 0) is 71.1 Å². The van der Waals surface area contributed by atoms with Crippen LogP contribution in [0.15, 0.2) is 47.5 Å². The summed E-state index contributed by atoms with van der Waals surface area (Å²) >= 11 is 0. The van der Waals surface area contributed by atoms with Crippen molar-refractivity contribution in [3.8, 4) is 11.3 Å². The van der Waals surface area contributed by atoms with Gasteiger partial charge in [-0.2, -0.15) is 0 Å². The number of anilines is 3. The van der Waals surface area contributed by atoms with Gasteiger partial charge in [-0.25, -0.2) is 28.1 Å². The molecule has 8 nitrogen and oxygen atoms in total. The molecule has 0 spiro atoms. The van der Waals surface area contributed by atoms with Crippen molar-refractivity contribution in [1.29, 1.82) is 0 Å². The maximum absolute atomic E-state index is 15.1. The van der Waals surface area contributed by atoms with Crippen LogP contribution < -0.4 is 15.8 Å². The highest BCUT2D eigenvalue weighted by atomic mass is 19.1. The minimum absolute atomic E-state index is 0.00127. The van der Waals surface area contributed by atoms with Gasteiger partial charge in [0, 0.05) is 36.4 Å². The molecule has 0 atom stereocenters. The van der Waals surface area contributed by atoms with E-state index >= 15 is 4.39 Å². The van der Waals surface area contributed by atoms with Crippen molar-refractivity contribution < 1.29 is 13.2 Å². The Morgan fingerprint density at radius 3 is 2.38 bits per heavy atom. The number of nitrogens with zero attached hydrogens (tertiary/aromatic N) is 6. The average Bonchev–Trinajstić information content (AvgIpc) is 2.89. The van der Waals surface area contributed by atoms with E-state index < -0.39 is 17.2 Å². The number of hydrogen-bond acceptors (Lipinski definition) is 7. The molecule has 0 aliphatic carbocycles. The summed E-state index contributed by atoms with van der Waals surface area (Å²) in [5.74, 6) is -1.86. The van der Waals surface area contributed by atoms with Gasteiger partial charge in [0.25, 0.3) is 5.56 Å². The summed E-state index contributed by atoms with van der Waals surface area (Å²) in [6, 6.07) is 7.58. The van der Waals surface area contributed by atoms with Crippen LogP contribution in [0.3, 0.4) is 0 Å². The van der Waals surface area contributed by atoms with Gasteiger partial charge < -0.3 is 19.7 Å². The number of aromatic nitrogens is 4. The lowest BCUT2D eigenvalue weighted by Crippen LogP contribution is -2.42. The third-order valence-electron chi connectivity index (χ3n) is 7.12. The van der Waals surface area contributed by atoms with E-state index in [-0.39, 0.29) is 40.1 Å². The lowest BCUT2D eigenvalue weighted by Gasteiger charge is -2.36. The summed E-state index contributed by atoms with van der Waals surface area (Å²) in [7, 11) is 4.12. The Balaban J connectivity index is 1.43. The van der Waals surface area contributed by atoms with Gasteiger partial charge in [-0.3, -0.25) is 4.79 Å². The largest absolute Gasteiger partial charge is 0.369 e. The summed E-state index contributed by atoms with van der Waals surface area (Å²) in [6.07, 6.45) is 3.94. The Labute approximate surface area is 224 Å². The lowest BCUT2D eigenvalue weighted by molar-refractivity contribution is 0.249. The van der Waals surface area contributed by atoms with E-state index in [2.05, 4.69) is 39.3 Å². The highest BCUT2D eigenvalue weighted by molar-refractivity contribution is 5.82. The molecule has 1 saturated heterocycles. The molecule has 5 rings (SSSR count). The van der Waals surface area contributed by atoms with Gasteiger partial charge in [-0.1, -0.05) is 0 Å². The van der Waals surface area contributed by atoms with Gasteiger partial charge in [0.15, 0.2) is 11.6 Å². The molecule has 0 saturated carbocycles. The van der Waals surface area contributed by atoms with Crippen LogP contribution in [-0.2, 0) is 0 Å². The first-order valence-electron chi connectivity index (χ1n) is 12.8. The maximum atomic E-state index is 15.1. The van der Waals surface area contributed by atoms with E-state index in [1.165, 1.54) is 16.7 Å². The molecule has 4 aromatic rings. The molecular formula is C28H30F3N7O. The molecule has 204 valence electrons. The van der Waals surface area contributed by atoms with Gasteiger partial charge in [0.1, 0.15) is 17.0 Å². The zero-order valence-corrected chi connectivity index (χ0v) is 22.3. The molecule has 0 radical (unpaired) electrons. The third-order valence-corrected chi connectivity index (χ3v) is 7.12. The standard InChI is InChI=1S/C28H30F3N7O/c1-16(2)38-24-12-17(11-21(30)27(24)32-15-25(38)39)26-22(31)14-33-28(35-26)34-18-5-6-23(20(29)13-18)37-9-7-19(8-10-37)36(3)4/h5-6,11-16,19H,7-10H2,1-4H3,(H,33,34,35). The average molecular weight is 538 g/mol. The van der Waals surface area contributed by atoms with Gasteiger partial charge in [0.2, 0.25) is 5.95 Å². The second kappa shape index (κ2) is 10.6. The Kier molecular flexibility index (Phi) is 7.26. The van der Waals surface area contributed by atoms with Crippen LogP contribution in [0.5, 0.6) is 0 Å². The molecular weight excluding hydrogens is 507 g/mol. The van der Waals surface area contributed by atoms with E-state index in [1.54, 1.807) is 26.0 Å². The van der Waals surface area contributed by atoms with Crippen LogP contribution in [0.25, 0.3) is 22.3 Å². The number of rotatable bonds is 6. The van der Waals surface area contributed by atoms with Crippen molar-refractivity contribution in [2.24, 2.45) is 0 Å². The summed E-state index contributed by atoms with van der Waals surface area (Å²) in [5, 5.41) is 2.91. The highest BCUT2D eigenvalue weighted by Crippen LogP contribution is 2.30. The summed E-state index contributed by atoms with van der Waals surface area (Å²) in [6.45, 7) is 5.10. The zero-order valence-electron chi connectivity index (χ0n) is 22.3. The minimum Gasteiger partial charge on any atom is -0.369 e. The maximum Gasteiger partial charge on any atom is 0.269 e. The van der Waals surface area contributed by atoms with Gasteiger partial charge in [0.05, 0.1) is 23.6 Å². The van der Waals surface area contributed by atoms with E-state index in [1.807, 2.05) is 4.90 Å². The van der Waals surface area contributed by atoms with Gasteiger partial charge >= 0.3 is 0 Å². The Morgan fingerprint density at radius 1 is 0.974 bits per heavy atom. The van der Waals surface area contributed by atoms with Crippen LogP contribution in [0.1, 0.15) is 32.7 Å². The van der Waals surface area contributed by atoms with Crippen LogP contribution in [0.4, 0.5) is 30.5 Å². The molecule has 1 N–H and O–H groups in total. The van der Waals surface area contributed by atoms with Crippen molar-refractivity contribution in [1.82, 2.24) is 24.4 Å². The molecule has 0 bridgehead atoms. The zero-order chi connectivity index (χ0) is 27.8. The smallest absolute Gasteiger partial charge is 0.269 e. The van der Waals surface area contributed by atoms with Crippen LogP contribution in [0.2, 0.25) is 0 Å². The van der Waals surface area contributed by atoms with E-state index in [0.29, 0.717) is 17.4 Å². The van der Waals surface area contributed by atoms with Crippen LogP contribution in [-0.4, -0.2) is 57.6 Å². The second-order valence-corrected chi connectivity index (χ2v) is 10.2. The number of benzene rings is 2. The first-order valence-corrected chi connectivity index (χ1v) is 12.8. The molecule has 11 heteroatoms. The number of fused-ring (bicyclic) bond motifs is 1. The Hall–Kier alpha value is -3.99. The fraction of sp³-hybridized carbons (Fsp3) is 0.357. The molecule has 3 heterocycles. The minimum atomic E-state index is -0.774. The number of piperidine rings is 1. The van der Waals surface area contributed by atoms with E-state index in [9.17, 15) is 13.6 Å². The monoisotopic (exact) mass is 537 g/mol. The fourth-order valence-electron chi connectivity index (χ4n) is 5.09. The molecule has 39 heavy (non-hydrogen) atoms. The van der Waals surface area contributed by atoms with Crippen molar-refractivity contribution in [3.63, 3.8) is 0 Å². The van der Waals surface area contributed by atoms with Crippen LogP contribution in [0, 0.1) is 17.5 Å². The Morgan fingerprint density at radius 2 is 1.72 bits per heavy atom. The summed E-state index contributed by atoms with van der Waals surface area (Å²) in [5.41, 5.74) is 0.698. The van der Waals surface area contributed by atoms with E-state index in [0.717, 1.165) is 44.4 Å². The third kappa shape index (κ3) is 5.31. The number of hydrogen-bond donors (Lipinski definition) is 1. The predicted molar refractivity (Wildman–Crippen MR) is 146 cm³/mol. The van der Waals surface area contributed by atoms with Crippen molar-refractivity contribution in [3.05, 3.63) is 70.5 Å². The first kappa shape index (κ1) is 26.6. The molecule has 1 aliphatic heterocycles. The van der Waals surface area contributed by atoms with E-state index in [4.69, 9.17) is 0 Å². The van der Waals surface area contributed by atoms with Crippen LogP contribution >= 0.6 is 0 Å². The fourth-order valence-corrected chi connectivity index (χ4v) is 5.09. The molecule has 0 unspecified atom stereocenters. The van der Waals surface area contributed by atoms with Gasteiger partial charge in [-0.15, -0.1) is 0 Å². The quantitative estimate of drug-likeness (QED) is 0.366. The number of nitrogens with one attached hydrogen (secondary N) is 1. The van der Waals surface area contributed by atoms with Crippen molar-refractivity contribution in [2.75, 3.05) is 37.4 Å². The molecule has 2 aromatic heterocycles. The normalized spacial score (nSPS) is 14.5. The predicted octanol–water partition coefficient (Wildman–Crippen LogP) is 5.13. The first-order chi connectivity index (χ1) is 18.6. The molecule has 1 fully saturated rings. The summed E-state index contributed by atoms with van der Waals surface area (Å²) in [4.78, 5) is 28.8. The SMILES string of the molecule is CC(C)n1c(=O)cnc2c(F)cc(-c3nc(Nc4ccc(N5CCC(N(C)C)CC5)c(F)c4)ncc3F)cc21. The Bertz CT molecular complexity index is 1580. The topological polar surface area (TPSA) is 79.2 Å². The highest BCUT2D eigenvalue weighted by Gasteiger charge is 2.23. The van der Waals surface area contributed by atoms with Crippen molar-refractivity contribution in [2.45, 2.75) is 38.8 Å². The number of halogens is 3.